The molecular formula is C29H29ClN4O5. The second-order valence-electron chi connectivity index (χ2n) is 8.49. The zero-order valence-electron chi connectivity index (χ0n) is 22.1. The molecule has 1 aromatic heterocycles. The van der Waals surface area contributed by atoms with Crippen molar-refractivity contribution >= 4 is 29.4 Å². The molecule has 0 unspecified atom stereocenters. The molecule has 0 atom stereocenters. The number of amides is 2. The maximum absolute atomic E-state index is 13.2. The highest BCUT2D eigenvalue weighted by molar-refractivity contribution is 6.30. The molecule has 3 aromatic carbocycles. The Labute approximate surface area is 231 Å². The molecule has 0 aliphatic heterocycles. The summed E-state index contributed by atoms with van der Waals surface area (Å²) in [4.78, 5) is 32.4. The van der Waals surface area contributed by atoms with E-state index in [1.165, 1.54) is 4.90 Å². The van der Waals surface area contributed by atoms with Crippen molar-refractivity contribution < 1.29 is 23.8 Å². The number of carbonyl (C=O) groups excluding carboxylic acids is 2. The molecule has 39 heavy (non-hydrogen) atoms. The molecular weight excluding hydrogens is 520 g/mol. The Bertz CT molecular complexity index is 1430. The summed E-state index contributed by atoms with van der Waals surface area (Å²) in [7, 11) is 4.68. The van der Waals surface area contributed by atoms with E-state index in [9.17, 15) is 9.59 Å². The first kappa shape index (κ1) is 27.5. The summed E-state index contributed by atoms with van der Waals surface area (Å²) in [6.45, 7) is 2.00. The largest absolute Gasteiger partial charge is 0.497 e. The standard InChI is InChI=1S/C29H29ClN4O5/c1-5-33(28(36)20-8-12-23(37-2)13-9-20)18-27(35)32-29-31-26(19-6-10-21(30)11-7-19)17-34(29)22-14-24(38-3)16-25(15-22)39-4/h6-17H,5,18H2,1-4H3,(H,31,32,35). The SMILES string of the molecule is CCN(CC(=O)Nc1nc(-c2ccc(Cl)cc2)cn1-c1cc(OC)cc(OC)c1)C(=O)c1ccc(OC)cc1. The van der Waals surface area contributed by atoms with Crippen LogP contribution in [0, 0.1) is 0 Å². The number of nitrogens with one attached hydrogen (secondary N) is 1. The Morgan fingerprint density at radius 2 is 1.51 bits per heavy atom. The summed E-state index contributed by atoms with van der Waals surface area (Å²) < 4.78 is 17.7. The van der Waals surface area contributed by atoms with E-state index >= 15 is 0 Å². The molecule has 1 heterocycles. The van der Waals surface area contributed by atoms with Gasteiger partial charge < -0.3 is 19.1 Å². The van der Waals surface area contributed by atoms with Crippen molar-refractivity contribution in [3.63, 3.8) is 0 Å². The number of ether oxygens (including phenoxy) is 3. The number of likely N-dealkylation sites (N-methyl/N-ethyl adjacent to an activating group) is 1. The first-order valence-corrected chi connectivity index (χ1v) is 12.5. The fraction of sp³-hybridized carbons (Fsp3) is 0.207. The summed E-state index contributed by atoms with van der Waals surface area (Å²) in [5.74, 6) is 1.40. The number of anilines is 1. The van der Waals surface area contributed by atoms with Gasteiger partial charge in [0.25, 0.3) is 5.91 Å². The molecule has 0 aliphatic rings. The summed E-state index contributed by atoms with van der Waals surface area (Å²) in [5, 5.41) is 3.47. The Morgan fingerprint density at radius 3 is 2.08 bits per heavy atom. The smallest absolute Gasteiger partial charge is 0.254 e. The van der Waals surface area contributed by atoms with Gasteiger partial charge in [-0.25, -0.2) is 4.98 Å². The fourth-order valence-corrected chi connectivity index (χ4v) is 4.06. The molecule has 0 saturated heterocycles. The number of hydrogen-bond acceptors (Lipinski definition) is 6. The van der Waals surface area contributed by atoms with Crippen LogP contribution in [0.5, 0.6) is 17.2 Å². The lowest BCUT2D eigenvalue weighted by Crippen LogP contribution is -2.38. The summed E-state index contributed by atoms with van der Waals surface area (Å²) in [6.07, 6.45) is 1.80. The zero-order valence-corrected chi connectivity index (χ0v) is 22.9. The molecule has 0 saturated carbocycles. The maximum atomic E-state index is 13.2. The van der Waals surface area contributed by atoms with Crippen LogP contribution in [0.2, 0.25) is 5.02 Å². The molecule has 1 N–H and O–H groups in total. The summed E-state index contributed by atoms with van der Waals surface area (Å²) in [6, 6.07) is 19.3. The van der Waals surface area contributed by atoms with Crippen molar-refractivity contribution in [1.29, 1.82) is 0 Å². The van der Waals surface area contributed by atoms with Crippen molar-refractivity contribution in [2.24, 2.45) is 0 Å². The van der Waals surface area contributed by atoms with Crippen molar-refractivity contribution in [3.05, 3.63) is 83.5 Å². The van der Waals surface area contributed by atoms with E-state index < -0.39 is 5.91 Å². The van der Waals surface area contributed by atoms with Gasteiger partial charge in [-0.2, -0.15) is 0 Å². The molecule has 0 aliphatic carbocycles. The normalized spacial score (nSPS) is 10.6. The lowest BCUT2D eigenvalue weighted by Gasteiger charge is -2.20. The molecule has 9 nitrogen and oxygen atoms in total. The minimum absolute atomic E-state index is 0.161. The van der Waals surface area contributed by atoms with Crippen LogP contribution in [0.4, 0.5) is 5.95 Å². The molecule has 10 heteroatoms. The van der Waals surface area contributed by atoms with E-state index in [0.717, 1.165) is 5.56 Å². The van der Waals surface area contributed by atoms with Crippen LogP contribution < -0.4 is 19.5 Å². The highest BCUT2D eigenvalue weighted by Gasteiger charge is 2.20. The van der Waals surface area contributed by atoms with Gasteiger partial charge in [-0.3, -0.25) is 19.5 Å². The Balaban J connectivity index is 1.64. The number of nitrogens with zero attached hydrogens (tertiary/aromatic N) is 3. The number of benzene rings is 3. The number of carbonyl (C=O) groups is 2. The van der Waals surface area contributed by atoms with E-state index in [4.69, 9.17) is 25.8 Å². The van der Waals surface area contributed by atoms with Crippen molar-refractivity contribution in [3.8, 4) is 34.2 Å². The molecule has 4 aromatic rings. The fourth-order valence-electron chi connectivity index (χ4n) is 3.94. The summed E-state index contributed by atoms with van der Waals surface area (Å²) >= 11 is 6.07. The minimum Gasteiger partial charge on any atom is -0.497 e. The lowest BCUT2D eigenvalue weighted by molar-refractivity contribution is -0.116. The van der Waals surface area contributed by atoms with Gasteiger partial charge in [-0.1, -0.05) is 23.7 Å². The summed E-state index contributed by atoms with van der Waals surface area (Å²) in [5.41, 5.74) is 2.55. The van der Waals surface area contributed by atoms with Gasteiger partial charge in [0.05, 0.1) is 32.7 Å². The number of imidazole rings is 1. The van der Waals surface area contributed by atoms with Gasteiger partial charge in [-0.05, 0) is 43.3 Å². The van der Waals surface area contributed by atoms with Gasteiger partial charge in [0.15, 0.2) is 0 Å². The highest BCUT2D eigenvalue weighted by Crippen LogP contribution is 2.30. The number of rotatable bonds is 10. The van der Waals surface area contributed by atoms with Gasteiger partial charge >= 0.3 is 0 Å². The molecule has 0 radical (unpaired) electrons. The average Bonchev–Trinajstić information content (AvgIpc) is 3.39. The van der Waals surface area contributed by atoms with Crippen molar-refractivity contribution in [2.75, 3.05) is 39.7 Å². The van der Waals surface area contributed by atoms with Crippen LogP contribution >= 0.6 is 11.6 Å². The molecule has 202 valence electrons. The zero-order chi connectivity index (χ0) is 27.9. The topological polar surface area (TPSA) is 94.9 Å². The van der Waals surface area contributed by atoms with Crippen LogP contribution in [-0.4, -0.2) is 60.7 Å². The highest BCUT2D eigenvalue weighted by atomic mass is 35.5. The maximum Gasteiger partial charge on any atom is 0.254 e. The quantitative estimate of drug-likeness (QED) is 0.288. The third-order valence-electron chi connectivity index (χ3n) is 6.05. The van der Waals surface area contributed by atoms with E-state index in [2.05, 4.69) is 10.3 Å². The third kappa shape index (κ3) is 6.50. The Hall–Kier alpha value is -4.50. The van der Waals surface area contributed by atoms with Gasteiger partial charge in [0.2, 0.25) is 11.9 Å². The van der Waals surface area contributed by atoms with Crippen LogP contribution in [-0.2, 0) is 4.79 Å². The van der Waals surface area contributed by atoms with Gasteiger partial charge in [0.1, 0.15) is 23.8 Å². The number of methoxy groups -OCH3 is 3. The number of halogens is 1. The first-order valence-electron chi connectivity index (χ1n) is 12.2. The third-order valence-corrected chi connectivity index (χ3v) is 6.30. The molecule has 0 fully saturated rings. The minimum atomic E-state index is -0.400. The van der Waals surface area contributed by atoms with Crippen LogP contribution in [0.1, 0.15) is 17.3 Å². The molecule has 4 rings (SSSR count). The first-order chi connectivity index (χ1) is 18.8. The molecule has 2 amide bonds. The van der Waals surface area contributed by atoms with Crippen LogP contribution in [0.25, 0.3) is 16.9 Å². The number of aromatic nitrogens is 2. The lowest BCUT2D eigenvalue weighted by atomic mass is 10.2. The second-order valence-corrected chi connectivity index (χ2v) is 8.93. The Morgan fingerprint density at radius 1 is 0.897 bits per heavy atom. The van der Waals surface area contributed by atoms with E-state index in [-0.39, 0.29) is 18.4 Å². The predicted octanol–water partition coefficient (Wildman–Crippen LogP) is 5.32. The second kappa shape index (κ2) is 12.4. The predicted molar refractivity (Wildman–Crippen MR) is 150 cm³/mol. The van der Waals surface area contributed by atoms with E-state index in [0.29, 0.717) is 45.8 Å². The van der Waals surface area contributed by atoms with E-state index in [1.807, 2.05) is 19.1 Å². The van der Waals surface area contributed by atoms with Gasteiger partial charge in [-0.15, -0.1) is 0 Å². The Kier molecular flexibility index (Phi) is 8.73. The van der Waals surface area contributed by atoms with Crippen molar-refractivity contribution in [2.45, 2.75) is 6.92 Å². The monoisotopic (exact) mass is 548 g/mol. The number of hydrogen-bond donors (Lipinski definition) is 1. The average molecular weight is 549 g/mol. The van der Waals surface area contributed by atoms with Gasteiger partial charge in [0, 0.05) is 47.1 Å². The van der Waals surface area contributed by atoms with Crippen LogP contribution in [0.3, 0.4) is 0 Å². The molecule has 0 spiro atoms. The molecule has 0 bridgehead atoms. The van der Waals surface area contributed by atoms with Crippen molar-refractivity contribution in [1.82, 2.24) is 14.5 Å². The van der Waals surface area contributed by atoms with Crippen LogP contribution in [0.15, 0.2) is 72.9 Å². The van der Waals surface area contributed by atoms with E-state index in [1.54, 1.807) is 86.7 Å².